The average Bonchev–Trinajstić information content (AvgIpc) is 2.41. The molecule has 4 N–H and O–H groups in total. The molecule has 1 atom stereocenters. The van der Waals surface area contributed by atoms with Crippen molar-refractivity contribution < 1.29 is 14.3 Å². The van der Waals surface area contributed by atoms with Crippen LogP contribution in [0.1, 0.15) is 44.7 Å². The zero-order chi connectivity index (χ0) is 15.8. The van der Waals surface area contributed by atoms with Crippen molar-refractivity contribution in [2.75, 3.05) is 13.2 Å². The second kappa shape index (κ2) is 8.74. The molecule has 0 aliphatic rings. The summed E-state index contributed by atoms with van der Waals surface area (Å²) in [6.07, 6.45) is 1.58. The minimum Gasteiger partial charge on any atom is -0.490 e. The first-order chi connectivity index (χ1) is 9.99. The maximum Gasteiger partial charge on any atom is 0.217 e. The molecule has 1 aromatic rings. The van der Waals surface area contributed by atoms with E-state index < -0.39 is 0 Å². The van der Waals surface area contributed by atoms with Gasteiger partial charge in [0, 0.05) is 23.6 Å². The number of amides is 1. The van der Waals surface area contributed by atoms with Crippen molar-refractivity contribution in [3.63, 3.8) is 0 Å². The van der Waals surface area contributed by atoms with Crippen molar-refractivity contribution in [3.8, 4) is 11.5 Å². The highest BCUT2D eigenvalue weighted by Crippen LogP contribution is 2.36. The van der Waals surface area contributed by atoms with Gasteiger partial charge in [0.15, 0.2) is 11.5 Å². The van der Waals surface area contributed by atoms with Gasteiger partial charge in [-0.05, 0) is 38.3 Å². The number of rotatable bonds is 9. The van der Waals surface area contributed by atoms with E-state index in [2.05, 4.69) is 0 Å². The van der Waals surface area contributed by atoms with Crippen LogP contribution < -0.4 is 20.9 Å². The van der Waals surface area contributed by atoms with Gasteiger partial charge in [0.2, 0.25) is 5.91 Å². The molecule has 1 rings (SSSR count). The Morgan fingerprint density at radius 2 is 1.81 bits per heavy atom. The van der Waals surface area contributed by atoms with Crippen LogP contribution in [0.4, 0.5) is 0 Å². The fourth-order valence-corrected chi connectivity index (χ4v) is 2.32. The highest BCUT2D eigenvalue weighted by Gasteiger charge is 2.16. The second-order valence-electron chi connectivity index (χ2n) is 4.65. The number of ether oxygens (including phenoxy) is 2. The summed E-state index contributed by atoms with van der Waals surface area (Å²) in [5, 5.41) is 0.536. The van der Waals surface area contributed by atoms with E-state index in [0.29, 0.717) is 49.0 Å². The molecule has 0 saturated carbocycles. The monoisotopic (exact) mass is 314 g/mol. The van der Waals surface area contributed by atoms with Crippen LogP contribution in [-0.4, -0.2) is 19.1 Å². The maximum absolute atomic E-state index is 10.8. The highest BCUT2D eigenvalue weighted by molar-refractivity contribution is 6.31. The van der Waals surface area contributed by atoms with Gasteiger partial charge in [-0.1, -0.05) is 11.6 Å². The standard InChI is InChI=1S/C15H23ClN2O3/c1-3-20-13-8-10(11(16)9-14(13)21-4-2)12(17)6-5-7-15(18)19/h8-9,12H,3-7,17H2,1-2H3,(H2,18,19). The average molecular weight is 315 g/mol. The lowest BCUT2D eigenvalue weighted by molar-refractivity contribution is -0.118. The van der Waals surface area contributed by atoms with Crippen LogP contribution in [0.5, 0.6) is 11.5 Å². The third-order valence-corrected chi connectivity index (χ3v) is 3.33. The van der Waals surface area contributed by atoms with E-state index in [4.69, 9.17) is 32.5 Å². The Hall–Kier alpha value is -1.46. The topological polar surface area (TPSA) is 87.6 Å². The van der Waals surface area contributed by atoms with Gasteiger partial charge < -0.3 is 20.9 Å². The van der Waals surface area contributed by atoms with Crippen molar-refractivity contribution in [2.24, 2.45) is 11.5 Å². The van der Waals surface area contributed by atoms with Gasteiger partial charge in [0.25, 0.3) is 0 Å². The summed E-state index contributed by atoms with van der Waals surface area (Å²) in [4.78, 5) is 10.8. The molecule has 0 aliphatic carbocycles. The smallest absolute Gasteiger partial charge is 0.217 e. The normalized spacial score (nSPS) is 12.0. The van der Waals surface area contributed by atoms with Crippen LogP contribution in [0.25, 0.3) is 0 Å². The van der Waals surface area contributed by atoms with E-state index in [9.17, 15) is 4.79 Å². The van der Waals surface area contributed by atoms with Crippen molar-refractivity contribution in [3.05, 3.63) is 22.7 Å². The van der Waals surface area contributed by atoms with Crippen LogP contribution in [-0.2, 0) is 4.79 Å². The molecule has 0 fully saturated rings. The zero-order valence-corrected chi connectivity index (χ0v) is 13.3. The number of hydrogen-bond acceptors (Lipinski definition) is 4. The lowest BCUT2D eigenvalue weighted by Gasteiger charge is -2.18. The molecule has 1 aromatic carbocycles. The molecule has 0 radical (unpaired) electrons. The van der Waals surface area contributed by atoms with E-state index >= 15 is 0 Å². The largest absolute Gasteiger partial charge is 0.490 e. The van der Waals surface area contributed by atoms with Gasteiger partial charge in [-0.15, -0.1) is 0 Å². The van der Waals surface area contributed by atoms with E-state index in [-0.39, 0.29) is 11.9 Å². The number of halogens is 1. The molecule has 5 nitrogen and oxygen atoms in total. The molecule has 0 bridgehead atoms. The Balaban J connectivity index is 2.90. The summed E-state index contributed by atoms with van der Waals surface area (Å²) in [5.41, 5.74) is 12.0. The molecule has 118 valence electrons. The van der Waals surface area contributed by atoms with Crippen LogP contribution in [0.15, 0.2) is 12.1 Å². The number of primary amides is 1. The van der Waals surface area contributed by atoms with Gasteiger partial charge in [0.1, 0.15) is 0 Å². The Labute approximate surface area is 130 Å². The van der Waals surface area contributed by atoms with Crippen molar-refractivity contribution in [1.82, 2.24) is 0 Å². The third kappa shape index (κ3) is 5.44. The number of carbonyl (C=O) groups is 1. The van der Waals surface area contributed by atoms with Crippen molar-refractivity contribution >= 4 is 17.5 Å². The minimum absolute atomic E-state index is 0.272. The van der Waals surface area contributed by atoms with Crippen molar-refractivity contribution in [2.45, 2.75) is 39.2 Å². The van der Waals surface area contributed by atoms with Crippen LogP contribution in [0, 0.1) is 0 Å². The summed E-state index contributed by atoms with van der Waals surface area (Å²) in [6, 6.07) is 3.26. The Morgan fingerprint density at radius 1 is 1.24 bits per heavy atom. The molecule has 21 heavy (non-hydrogen) atoms. The lowest BCUT2D eigenvalue weighted by Crippen LogP contribution is -2.14. The summed E-state index contributed by atoms with van der Waals surface area (Å²) in [7, 11) is 0. The van der Waals surface area contributed by atoms with Crippen LogP contribution in [0.3, 0.4) is 0 Å². The second-order valence-corrected chi connectivity index (χ2v) is 5.06. The number of hydrogen-bond donors (Lipinski definition) is 2. The molecule has 0 aromatic heterocycles. The first-order valence-electron chi connectivity index (χ1n) is 7.12. The Kier molecular flexibility index (Phi) is 7.32. The SMILES string of the molecule is CCOc1cc(Cl)c(C(N)CCCC(N)=O)cc1OCC. The van der Waals surface area contributed by atoms with E-state index in [1.165, 1.54) is 0 Å². The molecule has 0 saturated heterocycles. The molecule has 0 heterocycles. The minimum atomic E-state index is -0.324. The van der Waals surface area contributed by atoms with Gasteiger partial charge in [0.05, 0.1) is 13.2 Å². The first kappa shape index (κ1) is 17.6. The molecule has 1 unspecified atom stereocenters. The number of carbonyl (C=O) groups excluding carboxylic acids is 1. The first-order valence-corrected chi connectivity index (χ1v) is 7.50. The quantitative estimate of drug-likeness (QED) is 0.733. The van der Waals surface area contributed by atoms with E-state index in [1.807, 2.05) is 19.9 Å². The van der Waals surface area contributed by atoms with Gasteiger partial charge >= 0.3 is 0 Å². The van der Waals surface area contributed by atoms with Gasteiger partial charge in [-0.25, -0.2) is 0 Å². The third-order valence-electron chi connectivity index (χ3n) is 3.00. The summed E-state index contributed by atoms with van der Waals surface area (Å²) in [6.45, 7) is 4.85. The zero-order valence-electron chi connectivity index (χ0n) is 12.5. The predicted octanol–water partition coefficient (Wildman–Crippen LogP) is 2.79. The fourth-order valence-electron chi connectivity index (χ4n) is 2.02. The van der Waals surface area contributed by atoms with Crippen LogP contribution in [0.2, 0.25) is 5.02 Å². The van der Waals surface area contributed by atoms with E-state index in [0.717, 1.165) is 5.56 Å². The molecule has 6 heteroatoms. The maximum atomic E-state index is 10.8. The predicted molar refractivity (Wildman–Crippen MR) is 83.8 cm³/mol. The Morgan fingerprint density at radius 3 is 2.33 bits per heavy atom. The summed E-state index contributed by atoms with van der Waals surface area (Å²) < 4.78 is 11.1. The summed E-state index contributed by atoms with van der Waals surface area (Å²) >= 11 is 6.27. The Bertz CT molecular complexity index is 480. The van der Waals surface area contributed by atoms with Gasteiger partial charge in [-0.3, -0.25) is 4.79 Å². The summed E-state index contributed by atoms with van der Waals surface area (Å²) in [5.74, 6) is 0.913. The fraction of sp³-hybridized carbons (Fsp3) is 0.533. The van der Waals surface area contributed by atoms with Crippen molar-refractivity contribution in [1.29, 1.82) is 0 Å². The lowest BCUT2D eigenvalue weighted by atomic mass is 10.0. The number of nitrogens with two attached hydrogens (primary N) is 2. The molecule has 1 amide bonds. The molecular weight excluding hydrogens is 292 g/mol. The molecule has 0 spiro atoms. The number of benzene rings is 1. The van der Waals surface area contributed by atoms with Gasteiger partial charge in [-0.2, -0.15) is 0 Å². The van der Waals surface area contributed by atoms with Crippen LogP contribution >= 0.6 is 11.6 Å². The van der Waals surface area contributed by atoms with E-state index in [1.54, 1.807) is 6.07 Å². The highest BCUT2D eigenvalue weighted by atomic mass is 35.5. The molecular formula is C15H23ClN2O3. The molecule has 0 aliphatic heterocycles.